The summed E-state index contributed by atoms with van der Waals surface area (Å²) in [7, 11) is 0. The van der Waals surface area contributed by atoms with Gasteiger partial charge in [-0.05, 0) is 161 Å². The van der Waals surface area contributed by atoms with Crippen LogP contribution < -0.4 is 9.30 Å². The lowest BCUT2D eigenvalue weighted by Gasteiger charge is -2.26. The van der Waals surface area contributed by atoms with Gasteiger partial charge in [0.05, 0.1) is 33.4 Å². The third kappa shape index (κ3) is 8.45. The Morgan fingerprint density at radius 2 is 1.02 bits per heavy atom. The Morgan fingerprint density at radius 1 is 0.405 bits per heavy atom. The first-order chi connectivity index (χ1) is 40.5. The van der Waals surface area contributed by atoms with E-state index in [9.17, 15) is 0 Å². The molecular formula is C78H64N4O2. The first-order valence-corrected chi connectivity index (χ1v) is 29.2. The second kappa shape index (κ2) is 18.9. The number of para-hydroxylation sites is 4. The number of benzene rings is 10. The molecule has 0 atom stereocenters. The fourth-order valence-electron chi connectivity index (χ4n) is 12.7. The number of nitrogens with zero attached hydrogens (tertiary/aromatic N) is 4. The maximum Gasteiger partial charge on any atom is 0.269 e. The Kier molecular flexibility index (Phi) is 11.5. The standard InChI is InChI=1S/C78H64N4O2/c1-76(2,3)51-37-38-79-73(44-51)82-68-28-14-12-23-61(68)62-35-33-56(46-70(62)82)83-55-20-16-19-54(45-55)80-47-81-74-57(49-32-36-72-67(42-49)63-24-13-15-30-71(63)84-72)25-17-26-65(74)66-41-48(50-39-52(77(4,5)6)43-53(40-50)78(7,8)9)31-34-60(66)58-21-10-11-22-59(58)64-27-18-29-69(80)75(64)81/h10-46H,1-9H3. The van der Waals surface area contributed by atoms with Gasteiger partial charge in [0, 0.05) is 33.8 Å². The molecule has 6 nitrogen and oxygen atoms in total. The van der Waals surface area contributed by atoms with E-state index in [0.29, 0.717) is 5.75 Å². The van der Waals surface area contributed by atoms with Crippen molar-refractivity contribution in [1.82, 2.24) is 14.1 Å². The molecule has 10 aromatic carbocycles. The average molecular weight is 1090 g/mol. The van der Waals surface area contributed by atoms with Gasteiger partial charge in [-0.3, -0.25) is 13.7 Å². The van der Waals surface area contributed by atoms with Crippen molar-refractivity contribution < 1.29 is 13.7 Å². The number of ether oxygens (including phenoxy) is 1. The minimum absolute atomic E-state index is 0.0397. The SMILES string of the molecule is CC(C)(C)c1cc(-c2ccc3c(c2)-c2cccc(-c4ccc5oc6ccccc6c5c4)c2-[n+]2[c-]n(-c4cccc(Oc5ccc6c7ccccc7n(-c7cc(C(C)(C)C)ccn7)c6c5)c4)c4cccc(c42)-c2ccccc2-3)cc(C(C)(C)C)c1. The third-order valence-electron chi connectivity index (χ3n) is 17.2. The van der Waals surface area contributed by atoms with Gasteiger partial charge >= 0.3 is 0 Å². The Morgan fingerprint density at radius 3 is 1.82 bits per heavy atom. The van der Waals surface area contributed by atoms with Crippen molar-refractivity contribution in [1.29, 1.82) is 0 Å². The van der Waals surface area contributed by atoms with Crippen LogP contribution in [0.4, 0.5) is 0 Å². The second-order valence-electron chi connectivity index (χ2n) is 25.8. The molecule has 84 heavy (non-hydrogen) atoms. The molecule has 4 aromatic heterocycles. The Labute approximate surface area is 490 Å². The van der Waals surface area contributed by atoms with Gasteiger partial charge in [-0.2, -0.15) is 0 Å². The summed E-state index contributed by atoms with van der Waals surface area (Å²) < 4.78 is 20.2. The molecule has 0 saturated carbocycles. The van der Waals surface area contributed by atoms with Crippen LogP contribution in [0.5, 0.6) is 11.5 Å². The molecule has 0 spiro atoms. The van der Waals surface area contributed by atoms with Crippen molar-refractivity contribution in [2.75, 3.05) is 0 Å². The number of rotatable bonds is 6. The molecule has 408 valence electrons. The van der Waals surface area contributed by atoms with Crippen LogP contribution in [0.1, 0.15) is 79.0 Å². The van der Waals surface area contributed by atoms with Crippen LogP contribution in [0.2, 0.25) is 0 Å². The molecule has 0 saturated heterocycles. The fourth-order valence-corrected chi connectivity index (χ4v) is 12.7. The van der Waals surface area contributed by atoms with E-state index >= 15 is 0 Å². The van der Waals surface area contributed by atoms with Crippen LogP contribution in [0, 0.1) is 6.33 Å². The Balaban J connectivity index is 0.943. The van der Waals surface area contributed by atoms with E-state index in [1.54, 1.807) is 0 Å². The predicted molar refractivity (Wildman–Crippen MR) is 346 cm³/mol. The minimum atomic E-state index is -0.0456. The van der Waals surface area contributed by atoms with Crippen molar-refractivity contribution in [3.63, 3.8) is 0 Å². The molecule has 0 fully saturated rings. The van der Waals surface area contributed by atoms with Crippen molar-refractivity contribution in [2.24, 2.45) is 0 Å². The van der Waals surface area contributed by atoms with E-state index in [0.717, 1.165) is 106 Å². The first kappa shape index (κ1) is 51.1. The van der Waals surface area contributed by atoms with E-state index < -0.39 is 0 Å². The largest absolute Gasteiger partial charge is 0.458 e. The summed E-state index contributed by atoms with van der Waals surface area (Å²) in [5, 5.41) is 4.47. The van der Waals surface area contributed by atoms with Gasteiger partial charge < -0.3 is 9.15 Å². The summed E-state index contributed by atoms with van der Waals surface area (Å²) in [6.07, 6.45) is 5.97. The summed E-state index contributed by atoms with van der Waals surface area (Å²) in [6, 6.07) is 79.4. The molecule has 0 unspecified atom stereocenters. The lowest BCUT2D eigenvalue weighted by molar-refractivity contribution is -0.570. The number of imidazole rings is 1. The molecule has 0 bridgehead atoms. The number of hydrogen-bond acceptors (Lipinski definition) is 3. The summed E-state index contributed by atoms with van der Waals surface area (Å²) in [5.41, 5.74) is 23.0. The van der Waals surface area contributed by atoms with E-state index in [2.05, 4.69) is 289 Å². The van der Waals surface area contributed by atoms with E-state index in [-0.39, 0.29) is 16.2 Å². The van der Waals surface area contributed by atoms with Crippen LogP contribution >= 0.6 is 0 Å². The number of pyridine rings is 1. The molecule has 5 heterocycles. The smallest absolute Gasteiger partial charge is 0.269 e. The van der Waals surface area contributed by atoms with Gasteiger partial charge in [-0.1, -0.05) is 202 Å². The maximum absolute atomic E-state index is 6.95. The molecule has 1 aliphatic heterocycles. The van der Waals surface area contributed by atoms with Gasteiger partial charge in [0.2, 0.25) is 0 Å². The van der Waals surface area contributed by atoms with Crippen molar-refractivity contribution in [3.05, 3.63) is 248 Å². The molecule has 15 rings (SSSR count). The highest BCUT2D eigenvalue weighted by molar-refractivity contribution is 6.10. The molecular weight excluding hydrogens is 1020 g/mol. The predicted octanol–water partition coefficient (Wildman–Crippen LogP) is 20.4. The highest BCUT2D eigenvalue weighted by Gasteiger charge is 2.29. The van der Waals surface area contributed by atoms with Gasteiger partial charge in [0.15, 0.2) is 0 Å². The Bertz CT molecular complexity index is 4970. The van der Waals surface area contributed by atoms with Gasteiger partial charge in [-0.15, -0.1) is 0 Å². The van der Waals surface area contributed by atoms with Crippen LogP contribution in [0.3, 0.4) is 0 Å². The topological polar surface area (TPSA) is 49.0 Å². The molecule has 0 radical (unpaired) electrons. The van der Waals surface area contributed by atoms with Crippen molar-refractivity contribution >= 4 is 54.8 Å². The molecule has 6 heteroatoms. The van der Waals surface area contributed by atoms with E-state index in [1.165, 1.54) is 44.3 Å². The van der Waals surface area contributed by atoms with Crippen LogP contribution in [0.25, 0.3) is 128 Å². The highest BCUT2D eigenvalue weighted by atomic mass is 16.5. The highest BCUT2D eigenvalue weighted by Crippen LogP contribution is 2.48. The zero-order valence-electron chi connectivity index (χ0n) is 49.0. The van der Waals surface area contributed by atoms with Gasteiger partial charge in [0.25, 0.3) is 6.33 Å². The van der Waals surface area contributed by atoms with Gasteiger partial charge in [0.1, 0.15) is 28.5 Å². The lowest BCUT2D eigenvalue weighted by Crippen LogP contribution is -2.32. The van der Waals surface area contributed by atoms with E-state index in [4.69, 9.17) is 14.1 Å². The summed E-state index contributed by atoms with van der Waals surface area (Å²) >= 11 is 0. The zero-order valence-corrected chi connectivity index (χ0v) is 49.0. The molecule has 0 amide bonds. The molecule has 1 aliphatic rings. The summed E-state index contributed by atoms with van der Waals surface area (Å²) in [6.45, 7) is 20.6. The van der Waals surface area contributed by atoms with E-state index in [1.807, 2.05) is 18.3 Å². The monoisotopic (exact) mass is 1090 g/mol. The number of hydrogen-bond donors (Lipinski definition) is 0. The number of fused-ring (bicyclic) bond motifs is 13. The summed E-state index contributed by atoms with van der Waals surface area (Å²) in [5.74, 6) is 2.31. The van der Waals surface area contributed by atoms with Crippen molar-refractivity contribution in [3.8, 4) is 84.3 Å². The Hall–Kier alpha value is -9.78. The zero-order chi connectivity index (χ0) is 57.4. The lowest BCUT2D eigenvalue weighted by atomic mass is 9.78. The van der Waals surface area contributed by atoms with Crippen LogP contribution in [-0.4, -0.2) is 14.1 Å². The molecule has 0 aliphatic carbocycles. The normalized spacial score (nSPS) is 12.6. The summed E-state index contributed by atoms with van der Waals surface area (Å²) in [4.78, 5) is 4.94. The van der Waals surface area contributed by atoms with Crippen LogP contribution in [-0.2, 0) is 16.2 Å². The molecule has 0 N–H and O–H groups in total. The first-order valence-electron chi connectivity index (χ1n) is 29.2. The number of furan rings is 1. The minimum Gasteiger partial charge on any atom is -0.458 e. The van der Waals surface area contributed by atoms with Crippen LogP contribution in [0.15, 0.2) is 229 Å². The average Bonchev–Trinajstić information content (AvgIpc) is 1.89. The quantitative estimate of drug-likeness (QED) is 0.123. The second-order valence-corrected chi connectivity index (χ2v) is 25.8. The molecule has 14 aromatic rings. The maximum atomic E-state index is 6.95. The third-order valence-corrected chi connectivity index (χ3v) is 17.2. The van der Waals surface area contributed by atoms with Gasteiger partial charge in [-0.25, -0.2) is 4.98 Å². The van der Waals surface area contributed by atoms with Crippen molar-refractivity contribution in [2.45, 2.75) is 78.6 Å². The fraction of sp³-hybridized carbons (Fsp3) is 0.154. The number of aromatic nitrogens is 4.